The van der Waals surface area contributed by atoms with Gasteiger partial charge in [0.25, 0.3) is 0 Å². The third-order valence-corrected chi connectivity index (χ3v) is 4.75. The fourth-order valence-corrected chi connectivity index (χ4v) is 3.15. The van der Waals surface area contributed by atoms with Gasteiger partial charge >= 0.3 is 0 Å². The van der Waals surface area contributed by atoms with Crippen LogP contribution in [0.3, 0.4) is 0 Å². The van der Waals surface area contributed by atoms with Crippen LogP contribution in [0.5, 0.6) is 0 Å². The van der Waals surface area contributed by atoms with Crippen LogP contribution >= 0.6 is 0 Å². The molecule has 0 unspecified atom stereocenters. The molecule has 0 aliphatic carbocycles. The van der Waals surface area contributed by atoms with Crippen LogP contribution in [0.2, 0.25) is 0 Å². The Kier molecular flexibility index (Phi) is 5.51. The third kappa shape index (κ3) is 4.68. The number of hydrogen-bond acceptors (Lipinski definition) is 4. The van der Waals surface area contributed by atoms with Crippen molar-refractivity contribution in [1.82, 2.24) is 14.6 Å². The van der Waals surface area contributed by atoms with E-state index < -0.39 is 10.0 Å². The van der Waals surface area contributed by atoms with Gasteiger partial charge in [-0.15, -0.1) is 0 Å². The lowest BCUT2D eigenvalue weighted by Gasteiger charge is -2.27. The Hall–Kier alpha value is -1.67. The molecule has 7 nitrogen and oxygen atoms in total. The number of nitrogens with one attached hydrogen (secondary N) is 1. The number of pyridine rings is 1. The lowest BCUT2D eigenvalue weighted by atomic mass is 10.1. The van der Waals surface area contributed by atoms with Crippen molar-refractivity contribution in [2.75, 3.05) is 26.2 Å². The highest BCUT2D eigenvalue weighted by atomic mass is 32.2. The van der Waals surface area contributed by atoms with E-state index in [1.165, 1.54) is 24.9 Å². The summed E-state index contributed by atoms with van der Waals surface area (Å²) in [5.41, 5.74) is 5.90. The van der Waals surface area contributed by atoms with Gasteiger partial charge in [0.1, 0.15) is 4.90 Å². The second kappa shape index (κ2) is 7.37. The molecule has 1 fully saturated rings. The molecule has 0 saturated carbocycles. The Morgan fingerprint density at radius 1 is 1.38 bits per heavy atom. The summed E-state index contributed by atoms with van der Waals surface area (Å²) in [5.74, 6) is 0.496. The first-order valence-corrected chi connectivity index (χ1v) is 8.52. The zero-order valence-electron chi connectivity index (χ0n) is 11.9. The van der Waals surface area contributed by atoms with E-state index in [4.69, 9.17) is 5.73 Å². The maximum Gasteiger partial charge on any atom is 0.242 e. The molecule has 1 aromatic heterocycles. The summed E-state index contributed by atoms with van der Waals surface area (Å²) in [5, 5.41) is 0. The maximum atomic E-state index is 11.9. The SMILES string of the molecule is NC(=NCCNS(=O)(=O)c1cccnc1)N1CCCCC1. The summed E-state index contributed by atoms with van der Waals surface area (Å²) < 4.78 is 26.4. The van der Waals surface area contributed by atoms with E-state index in [1.54, 1.807) is 6.07 Å². The smallest absolute Gasteiger partial charge is 0.242 e. The van der Waals surface area contributed by atoms with Crippen LogP contribution in [-0.4, -0.2) is 50.4 Å². The molecular formula is C13H21N5O2S. The van der Waals surface area contributed by atoms with E-state index in [1.807, 2.05) is 4.90 Å². The van der Waals surface area contributed by atoms with Crippen LogP contribution in [0, 0.1) is 0 Å². The Bertz CT molecular complexity index is 567. The number of nitrogens with zero attached hydrogens (tertiary/aromatic N) is 3. The number of piperidine rings is 1. The topological polar surface area (TPSA) is 101 Å². The average molecular weight is 311 g/mol. The minimum absolute atomic E-state index is 0.151. The largest absolute Gasteiger partial charge is 0.370 e. The highest BCUT2D eigenvalue weighted by Crippen LogP contribution is 2.08. The fraction of sp³-hybridized carbons (Fsp3) is 0.538. The second-order valence-electron chi connectivity index (χ2n) is 4.87. The van der Waals surface area contributed by atoms with E-state index in [0.717, 1.165) is 25.9 Å². The van der Waals surface area contributed by atoms with Gasteiger partial charge in [-0.05, 0) is 31.4 Å². The lowest BCUT2D eigenvalue weighted by molar-refractivity contribution is 0.338. The van der Waals surface area contributed by atoms with Gasteiger partial charge in [0.05, 0.1) is 6.54 Å². The van der Waals surface area contributed by atoms with Gasteiger partial charge in [-0.2, -0.15) is 0 Å². The first-order chi connectivity index (χ1) is 10.1. The quantitative estimate of drug-likeness (QED) is 0.458. The summed E-state index contributed by atoms with van der Waals surface area (Å²) in [6.45, 7) is 2.39. The Morgan fingerprint density at radius 2 is 2.14 bits per heavy atom. The lowest BCUT2D eigenvalue weighted by Crippen LogP contribution is -2.41. The van der Waals surface area contributed by atoms with Crippen LogP contribution in [0.15, 0.2) is 34.4 Å². The summed E-state index contributed by atoms with van der Waals surface area (Å²) >= 11 is 0. The second-order valence-corrected chi connectivity index (χ2v) is 6.64. The third-order valence-electron chi connectivity index (χ3n) is 3.30. The number of aliphatic imine (C=N–C) groups is 1. The number of likely N-dealkylation sites (tertiary alicyclic amines) is 1. The summed E-state index contributed by atoms with van der Waals surface area (Å²) in [6.07, 6.45) is 6.33. The van der Waals surface area contributed by atoms with E-state index in [9.17, 15) is 8.42 Å². The molecule has 1 aliphatic heterocycles. The van der Waals surface area contributed by atoms with E-state index in [-0.39, 0.29) is 11.4 Å². The van der Waals surface area contributed by atoms with Crippen LogP contribution in [0.4, 0.5) is 0 Å². The molecule has 0 atom stereocenters. The molecule has 0 amide bonds. The zero-order valence-corrected chi connectivity index (χ0v) is 12.7. The molecule has 8 heteroatoms. The molecule has 116 valence electrons. The maximum absolute atomic E-state index is 11.9. The molecular weight excluding hydrogens is 290 g/mol. The molecule has 2 heterocycles. The molecule has 21 heavy (non-hydrogen) atoms. The standard InChI is InChI=1S/C13H21N5O2S/c14-13(18-9-2-1-3-10-18)16-7-8-17-21(19,20)12-5-4-6-15-11-12/h4-6,11,17H,1-3,7-10H2,(H2,14,16). The van der Waals surface area contributed by atoms with E-state index >= 15 is 0 Å². The van der Waals surface area contributed by atoms with Gasteiger partial charge in [0.15, 0.2) is 5.96 Å². The van der Waals surface area contributed by atoms with Gasteiger partial charge in [-0.25, -0.2) is 13.1 Å². The highest BCUT2D eigenvalue weighted by Gasteiger charge is 2.13. The predicted octanol–water partition coefficient (Wildman–Crippen LogP) is 0.161. The van der Waals surface area contributed by atoms with Crippen molar-refractivity contribution in [2.45, 2.75) is 24.2 Å². The Labute approximate surface area is 125 Å². The number of nitrogens with two attached hydrogens (primary N) is 1. The van der Waals surface area contributed by atoms with Crippen LogP contribution in [-0.2, 0) is 10.0 Å². The number of sulfonamides is 1. The monoisotopic (exact) mass is 311 g/mol. The van der Waals surface area contributed by atoms with E-state index in [0.29, 0.717) is 12.5 Å². The van der Waals surface area contributed by atoms with Gasteiger partial charge in [-0.3, -0.25) is 9.98 Å². The molecule has 0 bridgehead atoms. The molecule has 0 aromatic carbocycles. The summed E-state index contributed by atoms with van der Waals surface area (Å²) in [7, 11) is -3.52. The zero-order chi connectivity index (χ0) is 15.1. The van der Waals surface area contributed by atoms with Crippen molar-refractivity contribution in [3.63, 3.8) is 0 Å². The molecule has 1 saturated heterocycles. The van der Waals surface area contributed by atoms with Gasteiger partial charge < -0.3 is 10.6 Å². The van der Waals surface area contributed by atoms with Gasteiger partial charge in [0, 0.05) is 32.0 Å². The molecule has 2 rings (SSSR count). The summed E-state index contributed by atoms with van der Waals surface area (Å²) in [4.78, 5) is 10.2. The van der Waals surface area contributed by atoms with E-state index in [2.05, 4.69) is 14.7 Å². The highest BCUT2D eigenvalue weighted by molar-refractivity contribution is 7.89. The van der Waals surface area contributed by atoms with Crippen molar-refractivity contribution in [3.8, 4) is 0 Å². The predicted molar refractivity (Wildman–Crippen MR) is 81.3 cm³/mol. The molecule has 3 N–H and O–H groups in total. The van der Waals surface area contributed by atoms with Crippen molar-refractivity contribution >= 4 is 16.0 Å². The fourth-order valence-electron chi connectivity index (χ4n) is 2.16. The average Bonchev–Trinajstić information content (AvgIpc) is 2.53. The number of rotatable bonds is 5. The first-order valence-electron chi connectivity index (χ1n) is 7.04. The minimum atomic E-state index is -3.52. The first kappa shape index (κ1) is 15.7. The van der Waals surface area contributed by atoms with Gasteiger partial charge in [0.2, 0.25) is 10.0 Å². The summed E-state index contributed by atoms with van der Waals surface area (Å²) in [6, 6.07) is 3.09. The Balaban J connectivity index is 1.81. The number of guanidine groups is 1. The number of aromatic nitrogens is 1. The molecule has 1 aliphatic rings. The van der Waals surface area contributed by atoms with Crippen molar-refractivity contribution < 1.29 is 8.42 Å². The van der Waals surface area contributed by atoms with Crippen molar-refractivity contribution in [1.29, 1.82) is 0 Å². The van der Waals surface area contributed by atoms with Gasteiger partial charge in [-0.1, -0.05) is 0 Å². The number of hydrogen-bond donors (Lipinski definition) is 2. The molecule has 1 aromatic rings. The molecule has 0 radical (unpaired) electrons. The van der Waals surface area contributed by atoms with Crippen LogP contribution < -0.4 is 10.5 Å². The van der Waals surface area contributed by atoms with Crippen molar-refractivity contribution in [3.05, 3.63) is 24.5 Å². The molecule has 0 spiro atoms. The van der Waals surface area contributed by atoms with Crippen LogP contribution in [0.25, 0.3) is 0 Å². The minimum Gasteiger partial charge on any atom is -0.370 e. The normalized spacial score (nSPS) is 17.0. The Morgan fingerprint density at radius 3 is 2.81 bits per heavy atom. The van der Waals surface area contributed by atoms with Crippen molar-refractivity contribution in [2.24, 2.45) is 10.7 Å². The van der Waals surface area contributed by atoms with Crippen LogP contribution in [0.1, 0.15) is 19.3 Å².